The largest absolute Gasteiger partial charge is 0.249 e. The fraction of sp³-hybridized carbons (Fsp3) is 0.250. The molecular weight excluding hydrogens is 320 g/mol. The molecule has 0 atom stereocenters. The molecule has 0 spiro atoms. The van der Waals surface area contributed by atoms with Gasteiger partial charge >= 0.3 is 0 Å². The maximum Gasteiger partial charge on any atom is 0.131 e. The summed E-state index contributed by atoms with van der Waals surface area (Å²) in [5.41, 5.74) is 3.57. The Labute approximate surface area is 117 Å². The molecular formula is C12H10BrClN2S. The smallest absolute Gasteiger partial charge is 0.131 e. The van der Waals surface area contributed by atoms with Crippen LogP contribution in [0.5, 0.6) is 0 Å². The zero-order chi connectivity index (χ0) is 11.8. The van der Waals surface area contributed by atoms with Gasteiger partial charge in [0, 0.05) is 21.5 Å². The van der Waals surface area contributed by atoms with Crippen LogP contribution in [0.1, 0.15) is 16.8 Å². The standard InChI is InChI=1S/C12H10BrClN2S/c13-9-3-1-2-8(4-9)5-16-12(14)10-6-17-7-11(10)15-16/h1-4H,5-7H2. The molecule has 1 aromatic heterocycles. The Morgan fingerprint density at radius 1 is 1.41 bits per heavy atom. The van der Waals surface area contributed by atoms with Crippen LogP contribution in [0.15, 0.2) is 28.7 Å². The van der Waals surface area contributed by atoms with Crippen LogP contribution in [0.4, 0.5) is 0 Å². The van der Waals surface area contributed by atoms with Crippen molar-refractivity contribution in [2.24, 2.45) is 0 Å². The predicted molar refractivity (Wildman–Crippen MR) is 75.5 cm³/mol. The fourth-order valence-electron chi connectivity index (χ4n) is 1.95. The van der Waals surface area contributed by atoms with Gasteiger partial charge < -0.3 is 0 Å². The minimum atomic E-state index is 0.732. The van der Waals surface area contributed by atoms with Crippen LogP contribution in [0.3, 0.4) is 0 Å². The first-order valence-electron chi connectivity index (χ1n) is 5.30. The Hall–Kier alpha value is -0.450. The second-order valence-electron chi connectivity index (χ2n) is 4.00. The lowest BCUT2D eigenvalue weighted by molar-refractivity contribution is 0.678. The van der Waals surface area contributed by atoms with E-state index in [9.17, 15) is 0 Å². The zero-order valence-electron chi connectivity index (χ0n) is 8.99. The van der Waals surface area contributed by atoms with E-state index in [-0.39, 0.29) is 0 Å². The number of hydrogen-bond donors (Lipinski definition) is 0. The van der Waals surface area contributed by atoms with Crippen molar-refractivity contribution < 1.29 is 0 Å². The summed E-state index contributed by atoms with van der Waals surface area (Å²) < 4.78 is 2.98. The number of halogens is 2. The highest BCUT2D eigenvalue weighted by molar-refractivity contribution is 9.10. The number of rotatable bonds is 2. The van der Waals surface area contributed by atoms with Gasteiger partial charge in [-0.05, 0) is 17.7 Å². The number of thioether (sulfide) groups is 1. The summed E-state index contributed by atoms with van der Waals surface area (Å²) in [4.78, 5) is 0. The molecule has 1 aliphatic rings. The Balaban J connectivity index is 1.91. The van der Waals surface area contributed by atoms with E-state index < -0.39 is 0 Å². The summed E-state index contributed by atoms with van der Waals surface area (Å²) in [5.74, 6) is 1.98. The van der Waals surface area contributed by atoms with Gasteiger partial charge in [0.15, 0.2) is 0 Å². The molecule has 2 nitrogen and oxygen atoms in total. The van der Waals surface area contributed by atoms with Gasteiger partial charge in [0.2, 0.25) is 0 Å². The van der Waals surface area contributed by atoms with E-state index >= 15 is 0 Å². The fourth-order valence-corrected chi connectivity index (χ4v) is 3.78. The average molecular weight is 330 g/mol. The molecule has 3 rings (SSSR count). The number of fused-ring (bicyclic) bond motifs is 1. The average Bonchev–Trinajstić information content (AvgIpc) is 2.84. The Morgan fingerprint density at radius 2 is 2.29 bits per heavy atom. The number of hydrogen-bond acceptors (Lipinski definition) is 2. The number of benzene rings is 1. The van der Waals surface area contributed by atoms with Gasteiger partial charge in [0.05, 0.1) is 12.2 Å². The lowest BCUT2D eigenvalue weighted by Crippen LogP contribution is -2.02. The lowest BCUT2D eigenvalue weighted by Gasteiger charge is -2.05. The Bertz CT molecular complexity index is 568. The molecule has 5 heteroatoms. The number of aromatic nitrogens is 2. The van der Waals surface area contributed by atoms with Crippen molar-refractivity contribution in [2.75, 3.05) is 0 Å². The first kappa shape index (κ1) is 11.6. The van der Waals surface area contributed by atoms with Crippen molar-refractivity contribution in [3.63, 3.8) is 0 Å². The van der Waals surface area contributed by atoms with Crippen molar-refractivity contribution in [1.82, 2.24) is 9.78 Å². The maximum atomic E-state index is 6.33. The van der Waals surface area contributed by atoms with Crippen LogP contribution in [0.2, 0.25) is 5.15 Å². The third-order valence-corrected chi connectivity index (χ3v) is 4.66. The van der Waals surface area contributed by atoms with Gasteiger partial charge in [0.1, 0.15) is 5.15 Å². The van der Waals surface area contributed by atoms with Gasteiger partial charge in [-0.1, -0.05) is 39.7 Å². The SMILES string of the molecule is Clc1c2c(nn1Cc1cccc(Br)c1)CSC2. The molecule has 0 unspecified atom stereocenters. The lowest BCUT2D eigenvalue weighted by atomic mass is 10.2. The van der Waals surface area contributed by atoms with E-state index in [1.165, 1.54) is 11.1 Å². The summed E-state index contributed by atoms with van der Waals surface area (Å²) >= 11 is 11.7. The molecule has 0 saturated carbocycles. The predicted octanol–water partition coefficient (Wildman–Crippen LogP) is 4.09. The highest BCUT2D eigenvalue weighted by Crippen LogP contribution is 2.34. The summed E-state index contributed by atoms with van der Waals surface area (Å²) in [6.45, 7) is 0.732. The van der Waals surface area contributed by atoms with E-state index in [2.05, 4.69) is 33.2 Å². The molecule has 1 aromatic carbocycles. The molecule has 0 amide bonds. The monoisotopic (exact) mass is 328 g/mol. The van der Waals surface area contributed by atoms with Crippen LogP contribution >= 0.6 is 39.3 Å². The molecule has 0 fully saturated rings. The molecule has 1 aliphatic heterocycles. The summed E-state index contributed by atoms with van der Waals surface area (Å²) in [6, 6.07) is 8.23. The van der Waals surface area contributed by atoms with Crippen LogP contribution in [0, 0.1) is 0 Å². The molecule has 0 N–H and O–H groups in total. The highest BCUT2D eigenvalue weighted by atomic mass is 79.9. The van der Waals surface area contributed by atoms with E-state index in [1.54, 1.807) is 0 Å². The van der Waals surface area contributed by atoms with Crippen molar-refractivity contribution in [2.45, 2.75) is 18.1 Å². The normalized spacial score (nSPS) is 14.0. The van der Waals surface area contributed by atoms with Crippen LogP contribution in [-0.4, -0.2) is 9.78 Å². The third-order valence-electron chi connectivity index (χ3n) is 2.77. The Kier molecular flexibility index (Phi) is 3.19. The quantitative estimate of drug-likeness (QED) is 0.825. The molecule has 0 saturated heterocycles. The first-order valence-corrected chi connectivity index (χ1v) is 7.63. The van der Waals surface area contributed by atoms with E-state index in [0.29, 0.717) is 0 Å². The van der Waals surface area contributed by atoms with E-state index in [0.717, 1.165) is 33.4 Å². The van der Waals surface area contributed by atoms with Crippen LogP contribution in [-0.2, 0) is 18.1 Å². The molecule has 17 heavy (non-hydrogen) atoms. The van der Waals surface area contributed by atoms with Crippen LogP contribution in [0.25, 0.3) is 0 Å². The topological polar surface area (TPSA) is 17.8 Å². The summed E-state index contributed by atoms with van der Waals surface area (Å²) in [7, 11) is 0. The third kappa shape index (κ3) is 2.26. The van der Waals surface area contributed by atoms with Crippen molar-refractivity contribution in [3.8, 4) is 0 Å². The van der Waals surface area contributed by atoms with Crippen molar-refractivity contribution in [3.05, 3.63) is 50.7 Å². The molecule has 0 aliphatic carbocycles. The minimum Gasteiger partial charge on any atom is -0.249 e. The van der Waals surface area contributed by atoms with Gasteiger partial charge in [0.25, 0.3) is 0 Å². The second-order valence-corrected chi connectivity index (χ2v) is 6.26. The molecule has 0 bridgehead atoms. The minimum absolute atomic E-state index is 0.732. The molecule has 88 valence electrons. The van der Waals surface area contributed by atoms with Gasteiger partial charge in [-0.15, -0.1) is 0 Å². The molecule has 0 radical (unpaired) electrons. The highest BCUT2D eigenvalue weighted by Gasteiger charge is 2.21. The molecule has 2 aromatic rings. The van der Waals surface area contributed by atoms with Gasteiger partial charge in [-0.25, -0.2) is 4.68 Å². The Morgan fingerprint density at radius 3 is 3.06 bits per heavy atom. The van der Waals surface area contributed by atoms with Crippen LogP contribution < -0.4 is 0 Å². The van der Waals surface area contributed by atoms with Gasteiger partial charge in [-0.2, -0.15) is 16.9 Å². The van der Waals surface area contributed by atoms with Gasteiger partial charge in [-0.3, -0.25) is 0 Å². The maximum absolute atomic E-state index is 6.33. The van der Waals surface area contributed by atoms with Crippen molar-refractivity contribution >= 4 is 39.3 Å². The van der Waals surface area contributed by atoms with E-state index in [1.807, 2.05) is 28.6 Å². The first-order chi connectivity index (χ1) is 8.24. The van der Waals surface area contributed by atoms with E-state index in [4.69, 9.17) is 11.6 Å². The molecule has 2 heterocycles. The zero-order valence-corrected chi connectivity index (χ0v) is 12.1. The van der Waals surface area contributed by atoms with Crippen molar-refractivity contribution in [1.29, 1.82) is 0 Å². The summed E-state index contributed by atoms with van der Waals surface area (Å²) in [5, 5.41) is 5.36. The number of nitrogens with zero attached hydrogens (tertiary/aromatic N) is 2. The second kappa shape index (κ2) is 4.67. The summed E-state index contributed by atoms with van der Waals surface area (Å²) in [6.07, 6.45) is 0.